The zero-order chi connectivity index (χ0) is 27.6. The summed E-state index contributed by atoms with van der Waals surface area (Å²) in [6.07, 6.45) is 13.5. The summed E-state index contributed by atoms with van der Waals surface area (Å²) in [5, 5.41) is 0. The Labute approximate surface area is 233 Å². The van der Waals surface area contributed by atoms with Crippen LogP contribution in [0.3, 0.4) is 0 Å². The molecular weight excluding hydrogens is 470 g/mol. The number of hydrogen-bond acceptors (Lipinski definition) is 3. The normalized spacial score (nSPS) is 13.2. The number of unbranched alkanes of at least 4 members (excludes halogenated alkanes) is 7. The zero-order valence-corrected chi connectivity index (χ0v) is 24.9. The van der Waals surface area contributed by atoms with Gasteiger partial charge in [-0.1, -0.05) is 108 Å². The van der Waals surface area contributed by atoms with Gasteiger partial charge in [0.15, 0.2) is 0 Å². The number of benzene rings is 2. The lowest BCUT2D eigenvalue weighted by Gasteiger charge is -2.31. The van der Waals surface area contributed by atoms with Crippen LogP contribution in [0.2, 0.25) is 0 Å². The molecule has 2 aromatic carbocycles. The van der Waals surface area contributed by atoms with Crippen LogP contribution in [0, 0.1) is 5.92 Å². The van der Waals surface area contributed by atoms with E-state index in [1.807, 2.05) is 19.1 Å². The lowest BCUT2D eigenvalue weighted by molar-refractivity contribution is -0.904. The molecule has 0 aliphatic carbocycles. The van der Waals surface area contributed by atoms with Crippen molar-refractivity contribution in [1.29, 1.82) is 0 Å². The number of carbonyl (C=O) groups excluding carboxylic acids is 1. The van der Waals surface area contributed by atoms with Crippen molar-refractivity contribution in [3.8, 4) is 5.75 Å². The Morgan fingerprint density at radius 3 is 2.13 bits per heavy atom. The van der Waals surface area contributed by atoms with Gasteiger partial charge in [0, 0.05) is 18.4 Å². The van der Waals surface area contributed by atoms with Gasteiger partial charge in [0.05, 0.1) is 26.6 Å². The van der Waals surface area contributed by atoms with E-state index in [0.717, 1.165) is 42.6 Å². The number of carbonyl (C=O) groups is 1. The number of ether oxygens (including phenoxy) is 2. The molecule has 0 fully saturated rings. The third-order valence-electron chi connectivity index (χ3n) is 7.28. The summed E-state index contributed by atoms with van der Waals surface area (Å²) in [4.78, 5) is 12.9. The monoisotopic (exact) mass is 524 g/mol. The van der Waals surface area contributed by atoms with E-state index in [2.05, 4.69) is 70.4 Å². The lowest BCUT2D eigenvalue weighted by Crippen LogP contribution is -2.41. The van der Waals surface area contributed by atoms with Gasteiger partial charge in [-0.15, -0.1) is 0 Å². The molecule has 0 amide bonds. The summed E-state index contributed by atoms with van der Waals surface area (Å²) in [5.41, 5.74) is 2.61. The molecule has 0 aliphatic rings. The van der Waals surface area contributed by atoms with Crippen molar-refractivity contribution in [3.63, 3.8) is 0 Å². The zero-order valence-electron chi connectivity index (χ0n) is 24.9. The fraction of sp³-hybridized carbons (Fsp3) is 0.618. The number of quaternary nitrogens is 1. The van der Waals surface area contributed by atoms with Crippen LogP contribution in [-0.2, 0) is 22.5 Å². The fourth-order valence-corrected chi connectivity index (χ4v) is 4.83. The van der Waals surface area contributed by atoms with E-state index in [-0.39, 0.29) is 11.9 Å². The maximum atomic E-state index is 12.9. The summed E-state index contributed by atoms with van der Waals surface area (Å²) in [7, 11) is 4.43. The minimum absolute atomic E-state index is 0.167. The average Bonchev–Trinajstić information content (AvgIpc) is 2.89. The number of aryl methyl sites for hydroxylation is 1. The van der Waals surface area contributed by atoms with E-state index in [9.17, 15) is 4.79 Å². The highest BCUT2D eigenvalue weighted by atomic mass is 16.7. The predicted octanol–water partition coefficient (Wildman–Crippen LogP) is 8.72. The van der Waals surface area contributed by atoms with Crippen LogP contribution in [0.1, 0.15) is 103 Å². The molecule has 0 aliphatic heterocycles. The third kappa shape index (κ3) is 13.5. The van der Waals surface area contributed by atoms with Gasteiger partial charge in [0.1, 0.15) is 12.3 Å². The minimum atomic E-state index is -0.542. The lowest BCUT2D eigenvalue weighted by atomic mass is 10.0. The second-order valence-electron chi connectivity index (χ2n) is 11.6. The van der Waals surface area contributed by atoms with Gasteiger partial charge in [-0.3, -0.25) is 4.79 Å². The maximum Gasteiger partial charge on any atom is 0.311 e. The Kier molecular flexibility index (Phi) is 15.1. The van der Waals surface area contributed by atoms with Gasteiger partial charge in [0.2, 0.25) is 6.29 Å². The van der Waals surface area contributed by atoms with Crippen molar-refractivity contribution in [1.82, 2.24) is 0 Å². The minimum Gasteiger partial charge on any atom is -0.455 e. The highest BCUT2D eigenvalue weighted by Gasteiger charge is 2.24. The predicted molar refractivity (Wildman–Crippen MR) is 159 cm³/mol. The summed E-state index contributed by atoms with van der Waals surface area (Å²) in [6.45, 7) is 8.18. The van der Waals surface area contributed by atoms with Crippen LogP contribution >= 0.6 is 0 Å². The smallest absolute Gasteiger partial charge is 0.311 e. The Balaban J connectivity index is 1.78. The van der Waals surface area contributed by atoms with Gasteiger partial charge in [-0.05, 0) is 37.0 Å². The Bertz CT molecular complexity index is 896. The maximum absolute atomic E-state index is 12.9. The first-order chi connectivity index (χ1) is 18.3. The first kappa shape index (κ1) is 31.9. The molecule has 38 heavy (non-hydrogen) atoms. The van der Waals surface area contributed by atoms with Crippen molar-refractivity contribution in [2.24, 2.45) is 5.92 Å². The molecule has 0 aromatic heterocycles. The van der Waals surface area contributed by atoms with E-state index in [1.165, 1.54) is 62.5 Å². The van der Waals surface area contributed by atoms with Crippen LogP contribution < -0.4 is 4.74 Å². The largest absolute Gasteiger partial charge is 0.455 e. The Hall–Kier alpha value is -2.33. The van der Waals surface area contributed by atoms with Gasteiger partial charge >= 0.3 is 5.97 Å². The van der Waals surface area contributed by atoms with Crippen LogP contribution in [0.15, 0.2) is 54.6 Å². The third-order valence-corrected chi connectivity index (χ3v) is 7.28. The van der Waals surface area contributed by atoms with E-state index in [4.69, 9.17) is 9.47 Å². The molecule has 212 valence electrons. The molecule has 0 saturated heterocycles. The summed E-state index contributed by atoms with van der Waals surface area (Å²) < 4.78 is 12.9. The molecule has 2 aromatic rings. The molecule has 2 unspecified atom stereocenters. The summed E-state index contributed by atoms with van der Waals surface area (Å²) in [6, 6.07) is 18.8. The summed E-state index contributed by atoms with van der Waals surface area (Å²) in [5.74, 6) is 0.458. The highest BCUT2D eigenvalue weighted by molar-refractivity contribution is 5.72. The first-order valence-electron chi connectivity index (χ1n) is 15.1. The van der Waals surface area contributed by atoms with Gasteiger partial charge in [-0.2, -0.15) is 0 Å². The Morgan fingerprint density at radius 1 is 0.789 bits per heavy atom. The molecular formula is C34H54NO3+. The van der Waals surface area contributed by atoms with E-state index < -0.39 is 6.29 Å². The molecule has 4 heteroatoms. The molecule has 0 radical (unpaired) electrons. The van der Waals surface area contributed by atoms with Gasteiger partial charge in [-0.25, -0.2) is 0 Å². The molecule has 0 heterocycles. The fourth-order valence-electron chi connectivity index (χ4n) is 4.83. The van der Waals surface area contributed by atoms with Crippen molar-refractivity contribution < 1.29 is 18.8 Å². The number of nitrogens with zero attached hydrogens (tertiary/aromatic N) is 1. The SMILES string of the molecule is CCCCCCCCCCc1cccc(OC(CCC)OC(=O)C(C)CC[N+](C)(C)Cc2ccccc2)c1. The van der Waals surface area contributed by atoms with Crippen LogP contribution in [0.25, 0.3) is 0 Å². The summed E-state index contributed by atoms with van der Waals surface area (Å²) >= 11 is 0. The molecule has 4 nitrogen and oxygen atoms in total. The second kappa shape index (κ2) is 18.0. The topological polar surface area (TPSA) is 35.5 Å². The average molecular weight is 525 g/mol. The van der Waals surface area contributed by atoms with Crippen molar-refractivity contribution >= 4 is 5.97 Å². The molecule has 2 atom stereocenters. The first-order valence-corrected chi connectivity index (χ1v) is 15.1. The van der Waals surface area contributed by atoms with E-state index >= 15 is 0 Å². The van der Waals surface area contributed by atoms with Crippen LogP contribution in [0.4, 0.5) is 0 Å². The van der Waals surface area contributed by atoms with Crippen LogP contribution in [0.5, 0.6) is 5.75 Å². The van der Waals surface area contributed by atoms with Crippen LogP contribution in [-0.4, -0.2) is 37.4 Å². The van der Waals surface area contributed by atoms with Crippen molar-refractivity contribution in [3.05, 3.63) is 65.7 Å². The second-order valence-corrected chi connectivity index (χ2v) is 11.6. The van der Waals surface area contributed by atoms with E-state index in [1.54, 1.807) is 0 Å². The van der Waals surface area contributed by atoms with Gasteiger partial charge < -0.3 is 14.0 Å². The van der Waals surface area contributed by atoms with Gasteiger partial charge in [0.25, 0.3) is 0 Å². The van der Waals surface area contributed by atoms with Crippen molar-refractivity contribution in [2.45, 2.75) is 111 Å². The quantitative estimate of drug-likeness (QED) is 0.0752. The standard InChI is InChI=1S/C34H54NO3/c1-6-8-9-10-11-12-13-15-20-30-23-18-24-32(27-30)37-33(19-7-2)38-34(36)29(3)25-26-35(4,5)28-31-21-16-14-17-22-31/h14,16-18,21-24,27,29,33H,6-13,15,19-20,25-26,28H2,1-5H3/q+1. The number of esters is 1. The molecule has 0 saturated carbocycles. The number of rotatable bonds is 20. The molecule has 0 spiro atoms. The van der Waals surface area contributed by atoms with Crippen molar-refractivity contribution in [2.75, 3.05) is 20.6 Å². The number of hydrogen-bond donors (Lipinski definition) is 0. The molecule has 0 bridgehead atoms. The molecule has 0 N–H and O–H groups in total. The van der Waals surface area contributed by atoms with E-state index in [0.29, 0.717) is 6.42 Å². The highest BCUT2D eigenvalue weighted by Crippen LogP contribution is 2.21. The Morgan fingerprint density at radius 2 is 1.45 bits per heavy atom. The molecule has 2 rings (SSSR count).